The molecule has 2 aliphatic heterocycles. The van der Waals surface area contributed by atoms with Gasteiger partial charge in [0.25, 0.3) is 5.91 Å². The molecule has 0 saturated carbocycles. The molecule has 2 N–H and O–H groups in total. The van der Waals surface area contributed by atoms with Gasteiger partial charge in [0.15, 0.2) is 0 Å². The topological polar surface area (TPSA) is 111 Å². The highest BCUT2D eigenvalue weighted by atomic mass is 32.2. The highest BCUT2D eigenvalue weighted by Crippen LogP contribution is 2.17. The minimum absolute atomic E-state index is 0.412. The second-order valence-electron chi connectivity index (χ2n) is 7.93. The number of nitrogens with one attached hydrogen (secondary N) is 2. The van der Waals surface area contributed by atoms with Crippen LogP contribution in [0.15, 0.2) is 18.2 Å². The van der Waals surface area contributed by atoms with Crippen LogP contribution in [0.25, 0.3) is 0 Å². The molecule has 162 valence electrons. The number of carbonyl (C=O) groups excluding carboxylic acids is 2. The third-order valence-corrected chi connectivity index (χ3v) is 5.98. The summed E-state index contributed by atoms with van der Waals surface area (Å²) in [7, 11) is 2.18. The number of hydrogen-bond donors (Lipinski definition) is 2. The molecule has 0 aliphatic carbocycles. The molecule has 9 heteroatoms. The number of urea groups is 1. The Hall–Kier alpha value is -1.81. The van der Waals surface area contributed by atoms with Gasteiger partial charge in [-0.25, -0.2) is 4.79 Å². The van der Waals surface area contributed by atoms with Gasteiger partial charge in [-0.3, -0.25) is 14.3 Å². The van der Waals surface area contributed by atoms with Crippen molar-refractivity contribution in [3.63, 3.8) is 0 Å². The van der Waals surface area contributed by atoms with Crippen LogP contribution >= 0.6 is 0 Å². The molecule has 2 aliphatic rings. The Morgan fingerprint density at radius 2 is 1.93 bits per heavy atom. The molecule has 0 radical (unpaired) electrons. The first-order chi connectivity index (χ1) is 13.6. The zero-order valence-corrected chi connectivity index (χ0v) is 18.3. The van der Waals surface area contributed by atoms with Crippen LogP contribution < -0.4 is 10.6 Å². The van der Waals surface area contributed by atoms with Gasteiger partial charge in [-0.05, 0) is 51.8 Å². The van der Waals surface area contributed by atoms with Crippen molar-refractivity contribution in [2.75, 3.05) is 25.9 Å². The summed E-state index contributed by atoms with van der Waals surface area (Å²) in [6.07, 6.45) is 2.79. The lowest BCUT2D eigenvalue weighted by Gasteiger charge is -2.29. The molecule has 2 heterocycles. The molecule has 0 aromatic heterocycles. The fourth-order valence-electron chi connectivity index (χ4n) is 3.23. The molecule has 29 heavy (non-hydrogen) atoms. The second kappa shape index (κ2) is 10.3. The number of benzene rings is 1. The first-order valence-electron chi connectivity index (χ1n) is 9.65. The van der Waals surface area contributed by atoms with Crippen molar-refractivity contribution < 1.29 is 23.1 Å². The largest absolute Gasteiger partial charge is 0.772 e. The average molecular weight is 425 g/mol. The fourth-order valence-corrected chi connectivity index (χ4v) is 3.91. The van der Waals surface area contributed by atoms with Crippen LogP contribution in [0.3, 0.4) is 0 Å². The van der Waals surface area contributed by atoms with Crippen molar-refractivity contribution in [2.45, 2.75) is 51.9 Å². The van der Waals surface area contributed by atoms with Crippen molar-refractivity contribution in [3.05, 3.63) is 34.9 Å². The Bertz CT molecular complexity index is 764. The molecule has 2 saturated heterocycles. The predicted molar refractivity (Wildman–Crippen MR) is 110 cm³/mol. The number of aryl methyl sites for hydroxylation is 2. The zero-order valence-electron chi connectivity index (χ0n) is 17.4. The van der Waals surface area contributed by atoms with Crippen molar-refractivity contribution in [2.24, 2.45) is 0 Å². The number of amides is 3. The summed E-state index contributed by atoms with van der Waals surface area (Å²) in [5, 5.41) is 4.17. The zero-order chi connectivity index (χ0) is 21.6. The quantitative estimate of drug-likeness (QED) is 0.546. The monoisotopic (exact) mass is 424 g/mol. The summed E-state index contributed by atoms with van der Waals surface area (Å²) >= 11 is -2.36. The van der Waals surface area contributed by atoms with E-state index in [1.807, 2.05) is 5.32 Å². The van der Waals surface area contributed by atoms with E-state index in [0.717, 1.165) is 19.7 Å². The average Bonchev–Trinajstić information content (AvgIpc) is 2.88. The Kier molecular flexibility index (Phi) is 8.33. The molecular formula is C20H30N3O5S-. The standard InChI is InChI=1S/C15H23NO.C5H8N2O4S/c1-12-4-5-13(2)14(10-12)11-17-15-6-8-16(3)9-7-15;1-5(2-12(10)11)3(8)6-4(9)7-5/h4-5,10,15H,6-9,11H2,1-3H3;2H2,1H3,(H,10,11)(H2,6,7,8,9)/p-1/t;5-/m.1/s1. The van der Waals surface area contributed by atoms with Crippen molar-refractivity contribution >= 4 is 23.0 Å². The van der Waals surface area contributed by atoms with Crippen molar-refractivity contribution in [3.8, 4) is 0 Å². The molecular weight excluding hydrogens is 394 g/mol. The first-order valence-corrected chi connectivity index (χ1v) is 10.9. The molecule has 3 amide bonds. The van der Waals surface area contributed by atoms with Gasteiger partial charge in [0.1, 0.15) is 5.54 Å². The van der Waals surface area contributed by atoms with E-state index < -0.39 is 34.3 Å². The van der Waals surface area contributed by atoms with E-state index in [-0.39, 0.29) is 0 Å². The number of nitrogens with zero attached hydrogens (tertiary/aromatic N) is 1. The van der Waals surface area contributed by atoms with Crippen LogP contribution in [0.1, 0.15) is 36.5 Å². The Morgan fingerprint density at radius 3 is 2.48 bits per heavy atom. The smallest absolute Gasteiger partial charge is 0.322 e. The molecule has 0 spiro atoms. The SMILES string of the molecule is C[C@]1(CS(=O)[O-])NC(=O)NC1=O.Cc1ccc(C)c(COC2CCN(C)CC2)c1. The number of likely N-dealkylation sites (tertiary alicyclic amines) is 1. The van der Waals surface area contributed by atoms with Gasteiger partial charge in [-0.1, -0.05) is 34.8 Å². The van der Waals surface area contributed by atoms with E-state index in [0.29, 0.717) is 6.10 Å². The maximum atomic E-state index is 11.0. The van der Waals surface area contributed by atoms with Gasteiger partial charge in [0.2, 0.25) is 0 Å². The number of rotatable bonds is 5. The lowest BCUT2D eigenvalue weighted by molar-refractivity contribution is -0.122. The number of hydrogen-bond acceptors (Lipinski definition) is 6. The number of piperidine rings is 1. The van der Waals surface area contributed by atoms with E-state index in [9.17, 15) is 18.4 Å². The van der Waals surface area contributed by atoms with Gasteiger partial charge < -0.3 is 19.5 Å². The van der Waals surface area contributed by atoms with Crippen molar-refractivity contribution in [1.29, 1.82) is 0 Å². The number of ether oxygens (including phenoxy) is 1. The molecule has 8 nitrogen and oxygen atoms in total. The van der Waals surface area contributed by atoms with Gasteiger partial charge in [-0.15, -0.1) is 0 Å². The third-order valence-electron chi connectivity index (χ3n) is 5.17. The fraction of sp³-hybridized carbons (Fsp3) is 0.600. The van der Waals surface area contributed by atoms with Gasteiger partial charge in [0.05, 0.1) is 12.7 Å². The molecule has 3 rings (SSSR count). The van der Waals surface area contributed by atoms with E-state index in [1.54, 1.807) is 0 Å². The minimum Gasteiger partial charge on any atom is -0.772 e. The molecule has 2 atom stereocenters. The van der Waals surface area contributed by atoms with Crippen LogP contribution in [0.5, 0.6) is 0 Å². The minimum atomic E-state index is -2.36. The number of imide groups is 1. The van der Waals surface area contributed by atoms with Gasteiger partial charge >= 0.3 is 6.03 Å². The highest BCUT2D eigenvalue weighted by Gasteiger charge is 2.41. The Labute approximate surface area is 174 Å². The van der Waals surface area contributed by atoms with E-state index in [2.05, 4.69) is 49.3 Å². The molecule has 1 unspecified atom stereocenters. The first kappa shape index (κ1) is 23.5. The van der Waals surface area contributed by atoms with Crippen LogP contribution in [-0.4, -0.2) is 63.1 Å². The maximum absolute atomic E-state index is 11.0. The molecule has 1 aromatic rings. The van der Waals surface area contributed by atoms with Crippen LogP contribution in [0.2, 0.25) is 0 Å². The molecule has 2 fully saturated rings. The highest BCUT2D eigenvalue weighted by molar-refractivity contribution is 7.79. The van der Waals surface area contributed by atoms with E-state index >= 15 is 0 Å². The van der Waals surface area contributed by atoms with Crippen LogP contribution in [0.4, 0.5) is 4.79 Å². The predicted octanol–water partition coefficient (Wildman–Crippen LogP) is 1.38. The summed E-state index contributed by atoms with van der Waals surface area (Å²) in [5.41, 5.74) is 2.67. The van der Waals surface area contributed by atoms with E-state index in [4.69, 9.17) is 4.74 Å². The maximum Gasteiger partial charge on any atom is 0.322 e. The second-order valence-corrected chi connectivity index (χ2v) is 8.83. The normalized spacial score (nSPS) is 23.8. The summed E-state index contributed by atoms with van der Waals surface area (Å²) in [6.45, 7) is 8.74. The summed E-state index contributed by atoms with van der Waals surface area (Å²) < 4.78 is 26.6. The molecule has 0 bridgehead atoms. The summed E-state index contributed by atoms with van der Waals surface area (Å²) in [6, 6.07) is 5.93. The van der Waals surface area contributed by atoms with Gasteiger partial charge in [0, 0.05) is 18.8 Å². The van der Waals surface area contributed by atoms with Gasteiger partial charge in [-0.2, -0.15) is 0 Å². The lowest BCUT2D eigenvalue weighted by Crippen LogP contribution is -2.48. The Morgan fingerprint density at radius 1 is 1.28 bits per heavy atom. The van der Waals surface area contributed by atoms with Crippen LogP contribution in [0, 0.1) is 13.8 Å². The lowest BCUT2D eigenvalue weighted by atomic mass is 10.1. The Balaban J connectivity index is 0.000000221. The number of carbonyl (C=O) groups is 2. The third kappa shape index (κ3) is 7.18. The summed E-state index contributed by atoms with van der Waals surface area (Å²) in [4.78, 5) is 24.0. The van der Waals surface area contributed by atoms with Crippen molar-refractivity contribution in [1.82, 2.24) is 15.5 Å². The van der Waals surface area contributed by atoms with Crippen LogP contribution in [-0.2, 0) is 27.2 Å². The summed E-state index contributed by atoms with van der Waals surface area (Å²) in [5.74, 6) is -1.03. The van der Waals surface area contributed by atoms with E-state index in [1.165, 1.54) is 36.5 Å². The molecule has 1 aromatic carbocycles.